The number of rotatable bonds is 8. The Bertz CT molecular complexity index is 980. The minimum absolute atomic E-state index is 0.0520. The monoisotopic (exact) mass is 434 g/mol. The van der Waals surface area contributed by atoms with Gasteiger partial charge in [-0.05, 0) is 152 Å². The molecule has 0 bridgehead atoms. The second-order valence-corrected chi connectivity index (χ2v) is 10.6. The van der Waals surface area contributed by atoms with Gasteiger partial charge in [0, 0.05) is 23.5 Å². The van der Waals surface area contributed by atoms with E-state index in [9.17, 15) is 0 Å². The maximum absolute atomic E-state index is 4.42. The molecule has 0 spiro atoms. The van der Waals surface area contributed by atoms with E-state index in [4.69, 9.17) is 0 Å². The summed E-state index contributed by atoms with van der Waals surface area (Å²) in [5.41, 5.74) is 17.7. The molecule has 0 saturated heterocycles. The summed E-state index contributed by atoms with van der Waals surface area (Å²) in [6.45, 7) is 32.2. The Morgan fingerprint density at radius 3 is 1.34 bits per heavy atom. The molecular weight excluding hydrogens is 388 g/mol. The molecule has 0 radical (unpaired) electrons. The van der Waals surface area contributed by atoms with E-state index in [1.165, 1.54) is 72.6 Å². The Morgan fingerprint density at radius 1 is 0.594 bits per heavy atom. The third-order valence-corrected chi connectivity index (χ3v) is 7.94. The summed E-state index contributed by atoms with van der Waals surface area (Å²) in [7, 11) is 0. The molecule has 2 N–H and O–H groups in total. The van der Waals surface area contributed by atoms with E-state index < -0.39 is 0 Å². The van der Waals surface area contributed by atoms with E-state index in [2.05, 4.69) is 100 Å². The van der Waals surface area contributed by atoms with Crippen LogP contribution in [0.4, 0.5) is 11.4 Å². The Kier molecular flexibility index (Phi) is 7.92. The summed E-state index contributed by atoms with van der Waals surface area (Å²) in [5, 5.41) is 7.58. The van der Waals surface area contributed by atoms with Crippen LogP contribution in [0, 0.1) is 69.2 Å². The highest BCUT2D eigenvalue weighted by Crippen LogP contribution is 2.34. The Morgan fingerprint density at radius 2 is 0.938 bits per heavy atom. The molecule has 2 aromatic rings. The van der Waals surface area contributed by atoms with Crippen LogP contribution in [0.15, 0.2) is 12.2 Å². The molecule has 0 amide bonds. The zero-order valence-corrected chi connectivity index (χ0v) is 22.8. The highest BCUT2D eigenvalue weighted by molar-refractivity contribution is 5.66. The van der Waals surface area contributed by atoms with Gasteiger partial charge in [-0.2, -0.15) is 0 Å². The largest absolute Gasteiger partial charge is 0.384 e. The number of nitrogens with one attached hydrogen (secondary N) is 2. The first-order chi connectivity index (χ1) is 14.7. The van der Waals surface area contributed by atoms with Gasteiger partial charge in [0.15, 0.2) is 0 Å². The normalized spacial score (nSPS) is 11.6. The van der Waals surface area contributed by atoms with E-state index in [0.29, 0.717) is 0 Å². The Balaban J connectivity index is 2.07. The lowest BCUT2D eigenvalue weighted by Crippen LogP contribution is -2.32. The predicted molar refractivity (Wildman–Crippen MR) is 145 cm³/mol. The minimum atomic E-state index is -0.0520. The van der Waals surface area contributed by atoms with Gasteiger partial charge >= 0.3 is 0 Å². The molecule has 0 atom stereocenters. The topological polar surface area (TPSA) is 24.1 Å². The predicted octanol–water partition coefficient (Wildman–Crippen LogP) is 8.41. The highest BCUT2D eigenvalue weighted by atomic mass is 15.0. The third-order valence-electron chi connectivity index (χ3n) is 7.94. The molecule has 0 unspecified atom stereocenters. The zero-order chi connectivity index (χ0) is 24.5. The summed E-state index contributed by atoms with van der Waals surface area (Å²) in [6.07, 6.45) is 1.92. The van der Waals surface area contributed by atoms with E-state index in [0.717, 1.165) is 19.4 Å². The van der Waals surface area contributed by atoms with Gasteiger partial charge in [-0.25, -0.2) is 0 Å². The van der Waals surface area contributed by atoms with Crippen molar-refractivity contribution >= 4 is 11.4 Å². The molecule has 176 valence electrons. The van der Waals surface area contributed by atoms with E-state index in [1.807, 2.05) is 0 Å². The van der Waals surface area contributed by atoms with E-state index in [-0.39, 0.29) is 5.54 Å². The van der Waals surface area contributed by atoms with Crippen molar-refractivity contribution in [2.24, 2.45) is 0 Å². The molecule has 0 aliphatic heterocycles. The maximum atomic E-state index is 4.42. The summed E-state index contributed by atoms with van der Waals surface area (Å²) in [5.74, 6) is 0. The fourth-order valence-corrected chi connectivity index (χ4v) is 4.91. The summed E-state index contributed by atoms with van der Waals surface area (Å²) in [6, 6.07) is 0. The first kappa shape index (κ1) is 26.0. The van der Waals surface area contributed by atoms with Crippen LogP contribution in [0.5, 0.6) is 0 Å². The first-order valence-electron chi connectivity index (χ1n) is 12.0. The highest BCUT2D eigenvalue weighted by Gasteiger charge is 2.22. The maximum Gasteiger partial charge on any atom is 0.0409 e. The molecule has 0 heterocycles. The SMILES string of the molecule is C=C(CCNc1c(C)c(C)c(C)c(C)c1C)CC(C)(C)Nc1c(C)c(C)c(C)c(C)c1C. The quantitative estimate of drug-likeness (QED) is 0.407. The van der Waals surface area contributed by atoms with Gasteiger partial charge in [-0.15, -0.1) is 0 Å². The van der Waals surface area contributed by atoms with Crippen molar-refractivity contribution in [3.8, 4) is 0 Å². The lowest BCUT2D eigenvalue weighted by Gasteiger charge is -2.32. The van der Waals surface area contributed by atoms with Gasteiger partial charge in [0.05, 0.1) is 0 Å². The molecule has 32 heavy (non-hydrogen) atoms. The van der Waals surface area contributed by atoms with E-state index >= 15 is 0 Å². The van der Waals surface area contributed by atoms with Crippen LogP contribution < -0.4 is 10.6 Å². The second kappa shape index (κ2) is 9.73. The molecular formula is C30H46N2. The van der Waals surface area contributed by atoms with Crippen LogP contribution in [-0.2, 0) is 0 Å². The molecule has 0 saturated carbocycles. The molecule has 2 rings (SSSR count). The second-order valence-electron chi connectivity index (χ2n) is 10.6. The van der Waals surface area contributed by atoms with Gasteiger partial charge < -0.3 is 10.6 Å². The lowest BCUT2D eigenvalue weighted by molar-refractivity contribution is 0.552. The smallest absolute Gasteiger partial charge is 0.0409 e. The fraction of sp³-hybridized carbons (Fsp3) is 0.533. The summed E-state index contributed by atoms with van der Waals surface area (Å²) < 4.78 is 0. The van der Waals surface area contributed by atoms with Crippen LogP contribution in [0.2, 0.25) is 0 Å². The lowest BCUT2D eigenvalue weighted by atomic mass is 9.89. The number of hydrogen-bond acceptors (Lipinski definition) is 2. The standard InChI is InChI=1S/C30H46N2/c1-17(14-15-31-28-24(8)20(4)18(2)21(5)25(28)9)16-30(12,13)32-29-26(10)22(6)19(3)23(7)27(29)11/h31-32H,1,14-16H2,2-13H3. The zero-order valence-electron chi connectivity index (χ0n) is 22.8. The average molecular weight is 435 g/mol. The van der Waals surface area contributed by atoms with Crippen molar-refractivity contribution in [2.75, 3.05) is 17.2 Å². The third kappa shape index (κ3) is 5.22. The van der Waals surface area contributed by atoms with Crippen molar-refractivity contribution in [3.05, 3.63) is 67.8 Å². The molecule has 0 fully saturated rings. The number of hydrogen-bond donors (Lipinski definition) is 2. The average Bonchev–Trinajstić information content (AvgIpc) is 2.73. The van der Waals surface area contributed by atoms with Crippen LogP contribution in [0.3, 0.4) is 0 Å². The van der Waals surface area contributed by atoms with Crippen LogP contribution in [0.1, 0.15) is 82.3 Å². The van der Waals surface area contributed by atoms with Gasteiger partial charge in [0.25, 0.3) is 0 Å². The summed E-state index contributed by atoms with van der Waals surface area (Å²) >= 11 is 0. The van der Waals surface area contributed by atoms with Crippen molar-refractivity contribution in [1.82, 2.24) is 0 Å². The van der Waals surface area contributed by atoms with Crippen molar-refractivity contribution in [3.63, 3.8) is 0 Å². The van der Waals surface area contributed by atoms with Crippen LogP contribution in [0.25, 0.3) is 0 Å². The first-order valence-corrected chi connectivity index (χ1v) is 12.0. The molecule has 2 heteroatoms. The van der Waals surface area contributed by atoms with E-state index in [1.54, 1.807) is 0 Å². The van der Waals surface area contributed by atoms with Crippen molar-refractivity contribution < 1.29 is 0 Å². The summed E-state index contributed by atoms with van der Waals surface area (Å²) in [4.78, 5) is 0. The number of anilines is 2. The molecule has 0 aliphatic carbocycles. The van der Waals surface area contributed by atoms with Gasteiger partial charge in [-0.1, -0.05) is 12.2 Å². The van der Waals surface area contributed by atoms with Crippen molar-refractivity contribution in [2.45, 2.75) is 101 Å². The molecule has 2 nitrogen and oxygen atoms in total. The Labute approximate surface area is 197 Å². The van der Waals surface area contributed by atoms with Gasteiger partial charge in [0.2, 0.25) is 0 Å². The number of benzene rings is 2. The van der Waals surface area contributed by atoms with Crippen molar-refractivity contribution in [1.29, 1.82) is 0 Å². The van der Waals surface area contributed by atoms with Gasteiger partial charge in [-0.3, -0.25) is 0 Å². The molecule has 0 aromatic heterocycles. The van der Waals surface area contributed by atoms with Gasteiger partial charge in [0.1, 0.15) is 0 Å². The molecule has 2 aromatic carbocycles. The minimum Gasteiger partial charge on any atom is -0.384 e. The fourth-order valence-electron chi connectivity index (χ4n) is 4.91. The Hall–Kier alpha value is -2.22. The van der Waals surface area contributed by atoms with Crippen LogP contribution in [-0.4, -0.2) is 12.1 Å². The van der Waals surface area contributed by atoms with Crippen LogP contribution >= 0.6 is 0 Å². The molecule has 0 aliphatic rings.